The second-order valence-electron chi connectivity index (χ2n) is 4.09. The molecule has 0 aromatic rings. The molecule has 16 heavy (non-hydrogen) atoms. The van der Waals surface area contributed by atoms with Crippen molar-refractivity contribution >= 4 is 11.7 Å². The molecule has 0 heterocycles. The largest absolute Gasteiger partial charge is 0.369 e. The molecular formula is C12H24N2O2. The molecule has 1 amide bonds. The number of hydrogen-bond acceptors (Lipinski definition) is 3. The van der Waals surface area contributed by atoms with Gasteiger partial charge < -0.3 is 5.73 Å². The number of nitrogens with two attached hydrogens (primary N) is 1. The minimum atomic E-state index is -0.294. The first kappa shape index (κ1) is 15.1. The molecule has 0 saturated carbocycles. The van der Waals surface area contributed by atoms with Gasteiger partial charge in [-0.05, 0) is 25.9 Å². The van der Waals surface area contributed by atoms with Crippen molar-refractivity contribution in [3.05, 3.63) is 0 Å². The molecule has 0 aliphatic carbocycles. The topological polar surface area (TPSA) is 63.4 Å². The quantitative estimate of drug-likeness (QED) is 0.613. The van der Waals surface area contributed by atoms with Crippen molar-refractivity contribution in [2.75, 3.05) is 19.6 Å². The predicted octanol–water partition coefficient (Wildman–Crippen LogP) is 1.33. The predicted molar refractivity (Wildman–Crippen MR) is 65.1 cm³/mol. The first-order valence-corrected chi connectivity index (χ1v) is 6.12. The molecular weight excluding hydrogens is 204 g/mol. The van der Waals surface area contributed by atoms with E-state index in [1.807, 2.05) is 11.8 Å². The van der Waals surface area contributed by atoms with E-state index in [9.17, 15) is 9.59 Å². The first-order valence-electron chi connectivity index (χ1n) is 6.12. The highest BCUT2D eigenvalue weighted by Gasteiger charge is 2.08. The van der Waals surface area contributed by atoms with Gasteiger partial charge in [0.25, 0.3) is 0 Å². The van der Waals surface area contributed by atoms with Crippen molar-refractivity contribution in [2.45, 2.75) is 46.0 Å². The van der Waals surface area contributed by atoms with E-state index < -0.39 is 0 Å². The van der Waals surface area contributed by atoms with Gasteiger partial charge in [-0.1, -0.05) is 20.3 Å². The molecule has 0 bridgehead atoms. The molecule has 0 radical (unpaired) electrons. The van der Waals surface area contributed by atoms with Gasteiger partial charge in [-0.2, -0.15) is 0 Å². The summed E-state index contributed by atoms with van der Waals surface area (Å²) in [5.41, 5.74) is 5.18. The maximum Gasteiger partial charge on any atom is 0.231 e. The molecule has 0 rings (SSSR count). The number of carbonyl (C=O) groups excluding carboxylic acids is 2. The van der Waals surface area contributed by atoms with Gasteiger partial charge in [0.1, 0.15) is 5.78 Å². The highest BCUT2D eigenvalue weighted by molar-refractivity contribution is 5.78. The average Bonchev–Trinajstić information content (AvgIpc) is 2.24. The third kappa shape index (κ3) is 8.41. The monoisotopic (exact) mass is 228 g/mol. The van der Waals surface area contributed by atoms with Gasteiger partial charge in [0.2, 0.25) is 5.91 Å². The number of carbonyl (C=O) groups is 2. The Labute approximate surface area is 98.2 Å². The summed E-state index contributed by atoms with van der Waals surface area (Å²) in [6, 6.07) is 0. The molecule has 0 fully saturated rings. The van der Waals surface area contributed by atoms with Crippen molar-refractivity contribution in [2.24, 2.45) is 5.73 Å². The standard InChI is InChI=1S/C12H24N2O2/c1-3-5-8-14(10-12(13)16)9-6-7-11(15)4-2/h3-10H2,1-2H3,(H2,13,16). The van der Waals surface area contributed by atoms with Gasteiger partial charge in [0, 0.05) is 12.8 Å². The van der Waals surface area contributed by atoms with Crippen LogP contribution in [0.15, 0.2) is 0 Å². The Bertz CT molecular complexity index is 217. The molecule has 0 saturated heterocycles. The number of Topliss-reactive ketones (excluding diaryl/α,β-unsaturated/α-hetero) is 1. The summed E-state index contributed by atoms with van der Waals surface area (Å²) < 4.78 is 0. The maximum absolute atomic E-state index is 11.1. The maximum atomic E-state index is 11.1. The van der Waals surface area contributed by atoms with Gasteiger partial charge in [-0.3, -0.25) is 14.5 Å². The summed E-state index contributed by atoms with van der Waals surface area (Å²) in [5.74, 6) is -0.00700. The second-order valence-corrected chi connectivity index (χ2v) is 4.09. The summed E-state index contributed by atoms with van der Waals surface area (Å²) in [7, 11) is 0. The Morgan fingerprint density at radius 1 is 1.12 bits per heavy atom. The number of ketones is 1. The lowest BCUT2D eigenvalue weighted by Gasteiger charge is -2.19. The third-order valence-electron chi connectivity index (χ3n) is 2.53. The van der Waals surface area contributed by atoms with Crippen LogP contribution < -0.4 is 5.73 Å². The zero-order valence-electron chi connectivity index (χ0n) is 10.5. The van der Waals surface area contributed by atoms with Gasteiger partial charge in [0.15, 0.2) is 0 Å². The van der Waals surface area contributed by atoms with Crippen LogP contribution in [0.1, 0.15) is 46.0 Å². The van der Waals surface area contributed by atoms with E-state index >= 15 is 0 Å². The molecule has 0 spiro atoms. The van der Waals surface area contributed by atoms with Crippen molar-refractivity contribution in [3.8, 4) is 0 Å². The Kier molecular flexibility index (Phi) is 8.81. The fraction of sp³-hybridized carbons (Fsp3) is 0.833. The van der Waals surface area contributed by atoms with Crippen LogP contribution in [0.2, 0.25) is 0 Å². The van der Waals surface area contributed by atoms with Gasteiger partial charge in [-0.15, -0.1) is 0 Å². The van der Waals surface area contributed by atoms with E-state index in [1.54, 1.807) is 0 Å². The second kappa shape index (κ2) is 9.33. The van der Waals surface area contributed by atoms with Crippen LogP contribution in [0.25, 0.3) is 0 Å². The summed E-state index contributed by atoms with van der Waals surface area (Å²) in [4.78, 5) is 24.0. The number of amides is 1. The summed E-state index contributed by atoms with van der Waals surface area (Å²) in [6.07, 6.45) is 4.20. The number of nitrogens with zero attached hydrogens (tertiary/aromatic N) is 1. The Balaban J connectivity index is 3.81. The van der Waals surface area contributed by atoms with E-state index in [0.29, 0.717) is 19.4 Å². The van der Waals surface area contributed by atoms with Crippen molar-refractivity contribution in [1.29, 1.82) is 0 Å². The van der Waals surface area contributed by atoms with Crippen LogP contribution in [0.3, 0.4) is 0 Å². The molecule has 0 aliphatic heterocycles. The molecule has 0 aliphatic rings. The van der Waals surface area contributed by atoms with Crippen LogP contribution in [-0.2, 0) is 9.59 Å². The molecule has 4 nitrogen and oxygen atoms in total. The number of rotatable bonds is 10. The van der Waals surface area contributed by atoms with Gasteiger partial charge in [0.05, 0.1) is 6.54 Å². The lowest BCUT2D eigenvalue weighted by molar-refractivity contribution is -0.119. The fourth-order valence-electron chi connectivity index (χ4n) is 1.55. The molecule has 0 aromatic heterocycles. The Hall–Kier alpha value is -0.900. The van der Waals surface area contributed by atoms with Crippen LogP contribution in [-0.4, -0.2) is 36.2 Å². The number of primary amides is 1. The SMILES string of the molecule is CCCCN(CCCC(=O)CC)CC(N)=O. The van der Waals surface area contributed by atoms with Crippen LogP contribution in [0, 0.1) is 0 Å². The summed E-state index contributed by atoms with van der Waals surface area (Å²) in [6.45, 7) is 5.97. The van der Waals surface area contributed by atoms with Crippen molar-refractivity contribution in [3.63, 3.8) is 0 Å². The summed E-state index contributed by atoms with van der Waals surface area (Å²) >= 11 is 0. The number of hydrogen-bond donors (Lipinski definition) is 1. The lowest BCUT2D eigenvalue weighted by Crippen LogP contribution is -2.35. The third-order valence-corrected chi connectivity index (χ3v) is 2.53. The van der Waals surface area contributed by atoms with Crippen LogP contribution >= 0.6 is 0 Å². The normalized spacial score (nSPS) is 10.7. The van der Waals surface area contributed by atoms with Gasteiger partial charge >= 0.3 is 0 Å². The highest BCUT2D eigenvalue weighted by atomic mass is 16.1. The minimum absolute atomic E-state index is 0.287. The Morgan fingerprint density at radius 2 is 1.75 bits per heavy atom. The smallest absolute Gasteiger partial charge is 0.231 e. The van der Waals surface area contributed by atoms with Crippen molar-refractivity contribution in [1.82, 2.24) is 4.90 Å². The molecule has 4 heteroatoms. The molecule has 0 atom stereocenters. The van der Waals surface area contributed by atoms with E-state index in [-0.39, 0.29) is 11.7 Å². The van der Waals surface area contributed by atoms with Gasteiger partial charge in [-0.25, -0.2) is 0 Å². The summed E-state index contributed by atoms with van der Waals surface area (Å²) in [5, 5.41) is 0. The molecule has 0 unspecified atom stereocenters. The van der Waals surface area contributed by atoms with E-state index in [0.717, 1.165) is 32.4 Å². The zero-order valence-corrected chi connectivity index (χ0v) is 10.5. The van der Waals surface area contributed by atoms with E-state index in [4.69, 9.17) is 5.73 Å². The lowest BCUT2D eigenvalue weighted by atomic mass is 10.1. The van der Waals surface area contributed by atoms with E-state index in [2.05, 4.69) is 6.92 Å². The molecule has 0 aromatic carbocycles. The van der Waals surface area contributed by atoms with Crippen LogP contribution in [0.5, 0.6) is 0 Å². The molecule has 94 valence electrons. The number of unbranched alkanes of at least 4 members (excludes halogenated alkanes) is 1. The average molecular weight is 228 g/mol. The highest BCUT2D eigenvalue weighted by Crippen LogP contribution is 2.00. The van der Waals surface area contributed by atoms with E-state index in [1.165, 1.54) is 0 Å². The zero-order chi connectivity index (χ0) is 12.4. The minimum Gasteiger partial charge on any atom is -0.369 e. The molecule has 2 N–H and O–H groups in total. The first-order chi connectivity index (χ1) is 7.60. The Morgan fingerprint density at radius 3 is 2.25 bits per heavy atom. The van der Waals surface area contributed by atoms with Crippen LogP contribution in [0.4, 0.5) is 0 Å². The fourth-order valence-corrected chi connectivity index (χ4v) is 1.55. The van der Waals surface area contributed by atoms with Crippen molar-refractivity contribution < 1.29 is 9.59 Å².